The van der Waals surface area contributed by atoms with Crippen molar-refractivity contribution in [3.05, 3.63) is 35.9 Å². The molecular weight excluding hydrogens is 222 g/mol. The van der Waals surface area contributed by atoms with Crippen LogP contribution < -0.4 is 5.73 Å². The van der Waals surface area contributed by atoms with E-state index in [1.54, 1.807) is 0 Å². The second kappa shape index (κ2) is 5.51. The molecule has 1 aliphatic carbocycles. The van der Waals surface area contributed by atoms with Crippen LogP contribution in [0, 0.1) is 11.3 Å². The Kier molecular flexibility index (Phi) is 4.00. The lowest BCUT2D eigenvalue weighted by Crippen LogP contribution is -2.48. The number of nitrogens with zero attached hydrogens (tertiary/aromatic N) is 2. The van der Waals surface area contributed by atoms with Crippen molar-refractivity contribution >= 4 is 0 Å². The van der Waals surface area contributed by atoms with Crippen LogP contribution in [0.5, 0.6) is 0 Å². The van der Waals surface area contributed by atoms with Crippen LogP contribution in [0.15, 0.2) is 30.3 Å². The molecule has 2 N–H and O–H groups in total. The van der Waals surface area contributed by atoms with Crippen molar-refractivity contribution < 1.29 is 0 Å². The largest absolute Gasteiger partial charge is 0.309 e. The molecule has 0 heterocycles. The molecule has 3 nitrogen and oxygen atoms in total. The molecule has 0 spiro atoms. The summed E-state index contributed by atoms with van der Waals surface area (Å²) in [7, 11) is 2.08. The van der Waals surface area contributed by atoms with Gasteiger partial charge in [-0.3, -0.25) is 0 Å². The minimum atomic E-state index is -0.904. The van der Waals surface area contributed by atoms with Gasteiger partial charge in [-0.1, -0.05) is 43.2 Å². The highest BCUT2D eigenvalue weighted by atomic mass is 15.2. The van der Waals surface area contributed by atoms with E-state index in [1.165, 1.54) is 25.7 Å². The molecule has 0 amide bonds. The first kappa shape index (κ1) is 13.1. The molecule has 18 heavy (non-hydrogen) atoms. The van der Waals surface area contributed by atoms with Crippen molar-refractivity contribution in [2.45, 2.75) is 37.3 Å². The zero-order chi connectivity index (χ0) is 13.0. The summed E-state index contributed by atoms with van der Waals surface area (Å²) < 4.78 is 0. The van der Waals surface area contributed by atoms with E-state index in [9.17, 15) is 5.26 Å². The van der Waals surface area contributed by atoms with Gasteiger partial charge in [-0.15, -0.1) is 0 Å². The van der Waals surface area contributed by atoms with Crippen LogP contribution in [0.2, 0.25) is 0 Å². The van der Waals surface area contributed by atoms with Crippen LogP contribution in [0.1, 0.15) is 31.2 Å². The molecule has 96 valence electrons. The van der Waals surface area contributed by atoms with Crippen LogP contribution in [0.25, 0.3) is 0 Å². The molecule has 2 rings (SSSR count). The van der Waals surface area contributed by atoms with Crippen molar-refractivity contribution in [3.8, 4) is 6.07 Å². The monoisotopic (exact) mass is 243 g/mol. The highest BCUT2D eigenvalue weighted by Gasteiger charge is 2.31. The van der Waals surface area contributed by atoms with E-state index in [-0.39, 0.29) is 0 Å². The number of hydrogen-bond donors (Lipinski definition) is 1. The first-order chi connectivity index (χ1) is 8.65. The normalized spacial score (nSPS) is 19.7. The first-order valence-electron chi connectivity index (χ1n) is 6.61. The molecule has 3 heteroatoms. The molecule has 1 aromatic rings. The fraction of sp³-hybridized carbons (Fsp3) is 0.533. The van der Waals surface area contributed by atoms with Gasteiger partial charge in [-0.25, -0.2) is 0 Å². The van der Waals surface area contributed by atoms with E-state index in [4.69, 9.17) is 5.73 Å². The summed E-state index contributed by atoms with van der Waals surface area (Å²) in [6.45, 7) is 0.595. The summed E-state index contributed by atoms with van der Waals surface area (Å²) in [5.74, 6) is 0. The van der Waals surface area contributed by atoms with E-state index in [1.807, 2.05) is 30.3 Å². The number of rotatable bonds is 4. The molecule has 1 unspecified atom stereocenters. The van der Waals surface area contributed by atoms with Gasteiger partial charge < -0.3 is 10.6 Å². The van der Waals surface area contributed by atoms with Crippen molar-refractivity contribution in [1.82, 2.24) is 4.90 Å². The molecule has 1 fully saturated rings. The van der Waals surface area contributed by atoms with Crippen LogP contribution in [0.3, 0.4) is 0 Å². The van der Waals surface area contributed by atoms with Crippen molar-refractivity contribution in [2.24, 2.45) is 5.73 Å². The molecule has 1 saturated carbocycles. The lowest BCUT2D eigenvalue weighted by molar-refractivity contribution is 0.211. The van der Waals surface area contributed by atoms with Crippen LogP contribution in [-0.2, 0) is 5.54 Å². The van der Waals surface area contributed by atoms with E-state index < -0.39 is 5.54 Å². The summed E-state index contributed by atoms with van der Waals surface area (Å²) in [5, 5.41) is 9.43. The van der Waals surface area contributed by atoms with Gasteiger partial charge in [0.25, 0.3) is 0 Å². The summed E-state index contributed by atoms with van der Waals surface area (Å²) in [4.78, 5) is 2.25. The standard InChI is InChI=1S/C15H21N3/c1-18(14-9-5-6-10-14)12-15(17,11-16)13-7-3-2-4-8-13/h2-4,7-8,14H,5-6,9-10,12,17H2,1H3. The van der Waals surface area contributed by atoms with Crippen molar-refractivity contribution in [2.75, 3.05) is 13.6 Å². The van der Waals surface area contributed by atoms with Gasteiger partial charge in [0.2, 0.25) is 0 Å². The van der Waals surface area contributed by atoms with Crippen molar-refractivity contribution in [1.29, 1.82) is 5.26 Å². The number of likely N-dealkylation sites (N-methyl/N-ethyl adjacent to an activating group) is 1. The molecular formula is C15H21N3. The highest BCUT2D eigenvalue weighted by Crippen LogP contribution is 2.25. The lowest BCUT2D eigenvalue weighted by atomic mass is 9.91. The minimum Gasteiger partial charge on any atom is -0.309 e. The fourth-order valence-electron chi connectivity index (χ4n) is 2.79. The highest BCUT2D eigenvalue weighted by molar-refractivity contribution is 5.31. The van der Waals surface area contributed by atoms with E-state index in [0.717, 1.165) is 5.56 Å². The maximum Gasteiger partial charge on any atom is 0.142 e. The van der Waals surface area contributed by atoms with E-state index >= 15 is 0 Å². The van der Waals surface area contributed by atoms with Gasteiger partial charge in [0.05, 0.1) is 6.07 Å². The van der Waals surface area contributed by atoms with Crippen LogP contribution in [-0.4, -0.2) is 24.5 Å². The zero-order valence-corrected chi connectivity index (χ0v) is 11.0. The van der Waals surface area contributed by atoms with Crippen molar-refractivity contribution in [3.63, 3.8) is 0 Å². The Morgan fingerprint density at radius 2 is 1.94 bits per heavy atom. The zero-order valence-electron chi connectivity index (χ0n) is 11.0. The number of nitrogens with two attached hydrogens (primary N) is 1. The Balaban J connectivity index is 2.11. The van der Waals surface area contributed by atoms with Crippen LogP contribution >= 0.6 is 0 Å². The quantitative estimate of drug-likeness (QED) is 0.882. The molecule has 1 atom stereocenters. The summed E-state index contributed by atoms with van der Waals surface area (Å²) in [6, 6.07) is 12.6. The third-order valence-corrected chi connectivity index (χ3v) is 3.94. The molecule has 1 aliphatic rings. The van der Waals surface area contributed by atoms with E-state index in [2.05, 4.69) is 18.0 Å². The first-order valence-corrected chi connectivity index (χ1v) is 6.61. The lowest BCUT2D eigenvalue weighted by Gasteiger charge is -2.31. The Labute approximate surface area is 109 Å². The second-order valence-electron chi connectivity index (χ2n) is 5.30. The molecule has 0 bridgehead atoms. The van der Waals surface area contributed by atoms with Gasteiger partial charge in [-0.2, -0.15) is 5.26 Å². The Hall–Kier alpha value is -1.37. The average molecular weight is 243 g/mol. The second-order valence-corrected chi connectivity index (χ2v) is 5.30. The van der Waals surface area contributed by atoms with Gasteiger partial charge in [0, 0.05) is 12.6 Å². The smallest absolute Gasteiger partial charge is 0.142 e. The summed E-state index contributed by atoms with van der Waals surface area (Å²) in [5.41, 5.74) is 6.28. The molecule has 1 aromatic carbocycles. The van der Waals surface area contributed by atoms with Gasteiger partial charge in [-0.05, 0) is 25.5 Å². The number of hydrogen-bond acceptors (Lipinski definition) is 3. The predicted octanol–water partition coefficient (Wildman–Crippen LogP) is 2.24. The third kappa shape index (κ3) is 2.72. The fourth-order valence-corrected chi connectivity index (χ4v) is 2.79. The van der Waals surface area contributed by atoms with Gasteiger partial charge >= 0.3 is 0 Å². The van der Waals surface area contributed by atoms with E-state index in [0.29, 0.717) is 12.6 Å². The Bertz CT molecular complexity index is 417. The van der Waals surface area contributed by atoms with Gasteiger partial charge in [0.15, 0.2) is 0 Å². The predicted molar refractivity (Wildman–Crippen MR) is 72.8 cm³/mol. The molecule has 0 aliphatic heterocycles. The summed E-state index contributed by atoms with van der Waals surface area (Å²) in [6.07, 6.45) is 5.05. The SMILES string of the molecule is CN(CC(N)(C#N)c1ccccc1)C1CCCC1. The van der Waals surface area contributed by atoms with Gasteiger partial charge in [0.1, 0.15) is 5.54 Å². The number of benzene rings is 1. The van der Waals surface area contributed by atoms with Crippen LogP contribution in [0.4, 0.5) is 0 Å². The molecule has 0 saturated heterocycles. The summed E-state index contributed by atoms with van der Waals surface area (Å²) >= 11 is 0. The third-order valence-electron chi connectivity index (χ3n) is 3.94. The molecule has 0 aromatic heterocycles. The average Bonchev–Trinajstić information content (AvgIpc) is 2.93. The number of nitriles is 1. The minimum absolute atomic E-state index is 0.588. The Morgan fingerprint density at radius 3 is 2.50 bits per heavy atom. The topological polar surface area (TPSA) is 53.0 Å². The Morgan fingerprint density at radius 1 is 1.33 bits per heavy atom. The maximum absolute atomic E-state index is 9.43. The molecule has 0 radical (unpaired) electrons. The maximum atomic E-state index is 9.43.